The summed E-state index contributed by atoms with van der Waals surface area (Å²) in [4.78, 5) is 2.42. The van der Waals surface area contributed by atoms with Gasteiger partial charge in [0.1, 0.15) is 5.75 Å². The molecule has 0 aromatic heterocycles. The van der Waals surface area contributed by atoms with Crippen LogP contribution in [0.25, 0.3) is 0 Å². The second-order valence-corrected chi connectivity index (χ2v) is 3.76. The highest BCUT2D eigenvalue weighted by atomic mass is 16.5. The Kier molecular flexibility index (Phi) is 3.59. The van der Waals surface area contributed by atoms with Gasteiger partial charge in [0.05, 0.1) is 7.11 Å². The lowest BCUT2D eigenvalue weighted by Crippen LogP contribution is -2.39. The third-order valence-corrected chi connectivity index (χ3v) is 2.74. The van der Waals surface area contributed by atoms with E-state index in [4.69, 9.17) is 4.74 Å². The van der Waals surface area contributed by atoms with Gasteiger partial charge in [0.2, 0.25) is 0 Å². The first-order valence-electron chi connectivity index (χ1n) is 5.37. The van der Waals surface area contributed by atoms with Crippen LogP contribution >= 0.6 is 0 Å². The Morgan fingerprint density at radius 1 is 1.27 bits per heavy atom. The molecule has 1 radical (unpaired) electrons. The van der Waals surface area contributed by atoms with Crippen molar-refractivity contribution in [1.82, 2.24) is 10.2 Å². The number of rotatable bonds is 3. The molecule has 3 nitrogen and oxygen atoms in total. The van der Waals surface area contributed by atoms with Crippen LogP contribution in [0.15, 0.2) is 24.3 Å². The highest BCUT2D eigenvalue weighted by molar-refractivity contribution is 5.33. The molecule has 0 unspecified atom stereocenters. The van der Waals surface area contributed by atoms with E-state index in [1.807, 2.05) is 12.1 Å². The largest absolute Gasteiger partial charge is 0.496 e. The molecule has 1 aliphatic heterocycles. The van der Waals surface area contributed by atoms with Gasteiger partial charge in [0.25, 0.3) is 0 Å². The minimum absolute atomic E-state index is 0.967. The van der Waals surface area contributed by atoms with E-state index in [2.05, 4.69) is 22.3 Å². The zero-order chi connectivity index (χ0) is 10.5. The molecule has 2 rings (SSSR count). The average Bonchev–Trinajstić information content (AvgIpc) is 2.31. The van der Waals surface area contributed by atoms with Gasteiger partial charge in [0.15, 0.2) is 0 Å². The van der Waals surface area contributed by atoms with Crippen molar-refractivity contribution in [2.45, 2.75) is 6.54 Å². The van der Waals surface area contributed by atoms with Crippen molar-refractivity contribution in [3.8, 4) is 5.75 Å². The number of methoxy groups -OCH3 is 1. The number of para-hydroxylation sites is 1. The molecule has 1 aromatic carbocycles. The number of nitrogens with zero attached hydrogens (tertiary/aromatic N) is 2. The van der Waals surface area contributed by atoms with Crippen molar-refractivity contribution in [2.75, 3.05) is 33.3 Å². The summed E-state index contributed by atoms with van der Waals surface area (Å²) in [5.74, 6) is 0.986. The van der Waals surface area contributed by atoms with Crippen LogP contribution in [0.5, 0.6) is 5.75 Å². The molecule has 1 aromatic rings. The van der Waals surface area contributed by atoms with Gasteiger partial charge in [-0.3, -0.25) is 4.90 Å². The van der Waals surface area contributed by atoms with Gasteiger partial charge in [0, 0.05) is 38.3 Å². The molecule has 1 aliphatic rings. The van der Waals surface area contributed by atoms with Gasteiger partial charge in [-0.1, -0.05) is 18.2 Å². The lowest BCUT2D eigenvalue weighted by Gasteiger charge is -2.26. The van der Waals surface area contributed by atoms with E-state index in [0.29, 0.717) is 0 Å². The zero-order valence-corrected chi connectivity index (χ0v) is 9.15. The van der Waals surface area contributed by atoms with Crippen LogP contribution in [0.1, 0.15) is 5.56 Å². The number of benzene rings is 1. The van der Waals surface area contributed by atoms with Crippen LogP contribution in [-0.4, -0.2) is 38.2 Å². The number of hydrogen-bond donors (Lipinski definition) is 0. The van der Waals surface area contributed by atoms with E-state index in [-0.39, 0.29) is 0 Å². The van der Waals surface area contributed by atoms with Gasteiger partial charge >= 0.3 is 0 Å². The van der Waals surface area contributed by atoms with E-state index in [9.17, 15) is 0 Å². The molecule has 0 amide bonds. The SMILES string of the molecule is COc1ccccc1CN1CC[N]CC1. The van der Waals surface area contributed by atoms with E-state index in [1.54, 1.807) is 7.11 Å². The Hall–Kier alpha value is -1.06. The molecule has 0 aliphatic carbocycles. The van der Waals surface area contributed by atoms with Crippen molar-refractivity contribution >= 4 is 0 Å². The first kappa shape index (κ1) is 10.5. The maximum absolute atomic E-state index is 5.34. The molecule has 1 fully saturated rings. The van der Waals surface area contributed by atoms with Crippen molar-refractivity contribution in [3.05, 3.63) is 29.8 Å². The predicted octanol–water partition coefficient (Wildman–Crippen LogP) is 1.12. The van der Waals surface area contributed by atoms with Crippen molar-refractivity contribution in [2.24, 2.45) is 0 Å². The highest BCUT2D eigenvalue weighted by Gasteiger charge is 2.12. The average molecular weight is 205 g/mol. The fourth-order valence-electron chi connectivity index (χ4n) is 1.88. The molecule has 15 heavy (non-hydrogen) atoms. The van der Waals surface area contributed by atoms with Gasteiger partial charge in [-0.05, 0) is 6.07 Å². The molecule has 1 saturated heterocycles. The zero-order valence-electron chi connectivity index (χ0n) is 9.15. The van der Waals surface area contributed by atoms with Crippen molar-refractivity contribution in [1.29, 1.82) is 0 Å². The summed E-state index contributed by atoms with van der Waals surface area (Å²) in [6.45, 7) is 5.04. The Labute approximate surface area is 91.0 Å². The highest BCUT2D eigenvalue weighted by Crippen LogP contribution is 2.19. The third-order valence-electron chi connectivity index (χ3n) is 2.74. The monoisotopic (exact) mass is 205 g/mol. The van der Waals surface area contributed by atoms with Crippen LogP contribution in [0, 0.1) is 0 Å². The minimum atomic E-state index is 0.967. The molecule has 0 saturated carbocycles. The summed E-state index contributed by atoms with van der Waals surface area (Å²) >= 11 is 0. The van der Waals surface area contributed by atoms with Gasteiger partial charge in [-0.25, -0.2) is 5.32 Å². The topological polar surface area (TPSA) is 26.6 Å². The van der Waals surface area contributed by atoms with Crippen LogP contribution in [0.4, 0.5) is 0 Å². The summed E-state index contributed by atoms with van der Waals surface area (Å²) in [7, 11) is 1.73. The van der Waals surface area contributed by atoms with E-state index >= 15 is 0 Å². The molecule has 3 heteroatoms. The molecule has 0 bridgehead atoms. The lowest BCUT2D eigenvalue weighted by atomic mass is 10.2. The number of ether oxygens (including phenoxy) is 1. The summed E-state index contributed by atoms with van der Waals surface area (Å²) < 4.78 is 5.34. The lowest BCUT2D eigenvalue weighted by molar-refractivity contribution is 0.228. The quantitative estimate of drug-likeness (QED) is 0.739. The molecule has 0 spiro atoms. The Morgan fingerprint density at radius 2 is 2.00 bits per heavy atom. The Bertz CT molecular complexity index is 308. The summed E-state index contributed by atoms with van der Waals surface area (Å²) in [5.41, 5.74) is 1.27. The fraction of sp³-hybridized carbons (Fsp3) is 0.500. The summed E-state index contributed by atoms with van der Waals surface area (Å²) in [6, 6.07) is 8.22. The van der Waals surface area contributed by atoms with E-state index < -0.39 is 0 Å². The second-order valence-electron chi connectivity index (χ2n) is 3.76. The van der Waals surface area contributed by atoms with E-state index in [0.717, 1.165) is 38.5 Å². The third kappa shape index (κ3) is 2.70. The predicted molar refractivity (Wildman–Crippen MR) is 60.1 cm³/mol. The fourth-order valence-corrected chi connectivity index (χ4v) is 1.88. The standard InChI is InChI=1S/C12H17N2O/c1-15-12-5-3-2-4-11(12)10-14-8-6-13-7-9-14/h2-5H,6-10H2,1H3. The van der Waals surface area contributed by atoms with Gasteiger partial charge in [-0.15, -0.1) is 0 Å². The van der Waals surface area contributed by atoms with Crippen molar-refractivity contribution in [3.63, 3.8) is 0 Å². The van der Waals surface area contributed by atoms with Crippen LogP contribution in [0.3, 0.4) is 0 Å². The Balaban J connectivity index is 2.02. The van der Waals surface area contributed by atoms with Crippen molar-refractivity contribution < 1.29 is 4.74 Å². The maximum atomic E-state index is 5.34. The smallest absolute Gasteiger partial charge is 0.123 e. The second kappa shape index (κ2) is 5.14. The Morgan fingerprint density at radius 3 is 2.73 bits per heavy atom. The first-order chi connectivity index (χ1) is 7.40. The molecule has 0 atom stereocenters. The minimum Gasteiger partial charge on any atom is -0.496 e. The summed E-state index contributed by atoms with van der Waals surface area (Å²) in [6.07, 6.45) is 0. The van der Waals surface area contributed by atoms with Crippen LogP contribution in [-0.2, 0) is 6.54 Å². The molecule has 81 valence electrons. The van der Waals surface area contributed by atoms with E-state index in [1.165, 1.54) is 5.56 Å². The molecule has 1 heterocycles. The number of piperazine rings is 1. The first-order valence-corrected chi connectivity index (χ1v) is 5.37. The van der Waals surface area contributed by atoms with Crippen LogP contribution in [0.2, 0.25) is 0 Å². The maximum Gasteiger partial charge on any atom is 0.123 e. The molecular formula is C12H17N2O. The normalized spacial score (nSPS) is 17.7. The van der Waals surface area contributed by atoms with Gasteiger partial charge < -0.3 is 4.74 Å². The van der Waals surface area contributed by atoms with Crippen LogP contribution < -0.4 is 10.1 Å². The molecular weight excluding hydrogens is 188 g/mol. The molecule has 0 N–H and O–H groups in total. The number of hydrogen-bond acceptors (Lipinski definition) is 2. The summed E-state index contributed by atoms with van der Waals surface area (Å²) in [5, 5.41) is 4.34. The van der Waals surface area contributed by atoms with Gasteiger partial charge in [-0.2, -0.15) is 0 Å².